The number of nitrogens with zero attached hydrogens (tertiary/aromatic N) is 4. The van der Waals surface area contributed by atoms with E-state index >= 15 is 0 Å². The van der Waals surface area contributed by atoms with Gasteiger partial charge in [-0.1, -0.05) is 18.2 Å². The molecule has 0 aliphatic heterocycles. The molecule has 6 heteroatoms. The highest BCUT2D eigenvalue weighted by Gasteiger charge is 2.06. The molecule has 0 radical (unpaired) electrons. The van der Waals surface area contributed by atoms with Crippen molar-refractivity contribution in [3.63, 3.8) is 0 Å². The number of likely N-dealkylation sites (N-methyl/N-ethyl adjacent to an activating group) is 1. The zero-order valence-corrected chi connectivity index (χ0v) is 14.1. The van der Waals surface area contributed by atoms with Crippen LogP contribution in [-0.2, 0) is 13.6 Å². The number of hydrogen-bond donors (Lipinski definition) is 1. The lowest BCUT2D eigenvalue weighted by atomic mass is 10.3. The molecule has 0 unspecified atom stereocenters. The summed E-state index contributed by atoms with van der Waals surface area (Å²) in [7, 11) is 3.92. The fraction of sp³-hybridized carbons (Fsp3) is 0.412. The lowest BCUT2D eigenvalue weighted by Gasteiger charge is -2.22. The molecule has 1 heterocycles. The van der Waals surface area contributed by atoms with E-state index in [9.17, 15) is 0 Å². The van der Waals surface area contributed by atoms with Gasteiger partial charge >= 0.3 is 0 Å². The van der Waals surface area contributed by atoms with Crippen molar-refractivity contribution in [3.8, 4) is 5.75 Å². The zero-order valence-electron chi connectivity index (χ0n) is 14.1. The largest absolute Gasteiger partial charge is 0.492 e. The van der Waals surface area contributed by atoms with Gasteiger partial charge in [-0.15, -0.1) is 0 Å². The van der Waals surface area contributed by atoms with Gasteiger partial charge in [0.25, 0.3) is 0 Å². The predicted octanol–water partition coefficient (Wildman–Crippen LogP) is 1.90. The van der Waals surface area contributed by atoms with Crippen molar-refractivity contribution in [1.29, 1.82) is 0 Å². The van der Waals surface area contributed by atoms with Crippen LogP contribution in [-0.4, -0.2) is 47.4 Å². The summed E-state index contributed by atoms with van der Waals surface area (Å²) in [6.07, 6.45) is 3.82. The summed E-state index contributed by atoms with van der Waals surface area (Å²) in [6, 6.07) is 9.84. The summed E-state index contributed by atoms with van der Waals surface area (Å²) in [5.74, 6) is 1.76. The molecule has 0 saturated heterocycles. The average molecular weight is 315 g/mol. The Balaban J connectivity index is 1.85. The van der Waals surface area contributed by atoms with Crippen molar-refractivity contribution in [3.05, 3.63) is 48.3 Å². The smallest absolute Gasteiger partial charge is 0.194 e. The van der Waals surface area contributed by atoms with E-state index < -0.39 is 0 Å². The minimum Gasteiger partial charge on any atom is -0.492 e. The highest BCUT2D eigenvalue weighted by Crippen LogP contribution is 2.08. The molecular formula is C17H25N5O. The summed E-state index contributed by atoms with van der Waals surface area (Å²) < 4.78 is 7.52. The molecule has 23 heavy (non-hydrogen) atoms. The molecule has 1 aromatic heterocycles. The van der Waals surface area contributed by atoms with Crippen LogP contribution in [0.4, 0.5) is 0 Å². The van der Waals surface area contributed by atoms with E-state index in [2.05, 4.69) is 27.2 Å². The minimum absolute atomic E-state index is 0.609. The van der Waals surface area contributed by atoms with Gasteiger partial charge < -0.3 is 15.0 Å². The number of aryl methyl sites for hydroxylation is 1. The summed E-state index contributed by atoms with van der Waals surface area (Å²) >= 11 is 0. The second-order valence-electron chi connectivity index (χ2n) is 5.28. The van der Waals surface area contributed by atoms with E-state index in [1.807, 2.05) is 56.8 Å². The van der Waals surface area contributed by atoms with Crippen molar-refractivity contribution in [2.24, 2.45) is 12.0 Å². The molecule has 0 saturated carbocycles. The highest BCUT2D eigenvalue weighted by atomic mass is 16.5. The summed E-state index contributed by atoms with van der Waals surface area (Å²) in [6.45, 7) is 4.87. The number of hydrogen-bond acceptors (Lipinski definition) is 3. The average Bonchev–Trinajstić information content (AvgIpc) is 2.98. The first kappa shape index (κ1) is 16.9. The molecule has 0 spiro atoms. The third kappa shape index (κ3) is 5.65. The molecule has 0 amide bonds. The van der Waals surface area contributed by atoms with Crippen LogP contribution < -0.4 is 10.1 Å². The van der Waals surface area contributed by atoms with Crippen molar-refractivity contribution in [2.75, 3.05) is 26.7 Å². The molecule has 0 aliphatic rings. The number of nitrogens with one attached hydrogen (secondary N) is 1. The minimum atomic E-state index is 0.609. The van der Waals surface area contributed by atoms with Gasteiger partial charge in [-0.25, -0.2) is 4.99 Å². The summed E-state index contributed by atoms with van der Waals surface area (Å²) in [5.41, 5.74) is 1.09. The standard InChI is InChI=1S/C17H25N5O/c1-4-18-17(19-12-15-13-20-22(3)14-15)21(2)10-11-23-16-8-6-5-7-9-16/h5-9,13-14H,4,10-12H2,1-3H3,(H,18,19). The Hall–Kier alpha value is -2.50. The van der Waals surface area contributed by atoms with Crippen LogP contribution in [0.15, 0.2) is 47.7 Å². The molecule has 0 fully saturated rings. The van der Waals surface area contributed by atoms with E-state index in [1.165, 1.54) is 0 Å². The van der Waals surface area contributed by atoms with Crippen molar-refractivity contribution < 1.29 is 4.74 Å². The van der Waals surface area contributed by atoms with Crippen LogP contribution in [0.25, 0.3) is 0 Å². The van der Waals surface area contributed by atoms with E-state index in [4.69, 9.17) is 4.74 Å². The molecule has 0 bridgehead atoms. The molecular weight excluding hydrogens is 290 g/mol. The normalized spacial score (nSPS) is 11.3. The third-order valence-corrected chi connectivity index (χ3v) is 3.30. The Kier molecular flexibility index (Phi) is 6.47. The molecule has 1 aromatic carbocycles. The van der Waals surface area contributed by atoms with Crippen LogP contribution in [0.3, 0.4) is 0 Å². The van der Waals surface area contributed by atoms with Crippen LogP contribution in [0.2, 0.25) is 0 Å². The van der Waals surface area contributed by atoms with Crippen LogP contribution in [0.5, 0.6) is 5.75 Å². The zero-order chi connectivity index (χ0) is 16.5. The lowest BCUT2D eigenvalue weighted by molar-refractivity contribution is 0.281. The van der Waals surface area contributed by atoms with Gasteiger partial charge in [-0.05, 0) is 19.1 Å². The monoisotopic (exact) mass is 315 g/mol. The van der Waals surface area contributed by atoms with Crippen LogP contribution in [0.1, 0.15) is 12.5 Å². The molecule has 124 valence electrons. The Morgan fingerprint density at radius 1 is 1.35 bits per heavy atom. The number of para-hydroxylation sites is 1. The molecule has 6 nitrogen and oxygen atoms in total. The number of rotatable bonds is 7. The highest BCUT2D eigenvalue weighted by molar-refractivity contribution is 5.79. The van der Waals surface area contributed by atoms with Crippen molar-refractivity contribution >= 4 is 5.96 Å². The van der Waals surface area contributed by atoms with E-state index in [1.54, 1.807) is 4.68 Å². The number of guanidine groups is 1. The first-order valence-corrected chi connectivity index (χ1v) is 7.84. The van der Waals surface area contributed by atoms with Gasteiger partial charge in [0.1, 0.15) is 12.4 Å². The Morgan fingerprint density at radius 3 is 2.78 bits per heavy atom. The second-order valence-corrected chi connectivity index (χ2v) is 5.28. The number of aliphatic imine (C=N–C) groups is 1. The van der Waals surface area contributed by atoms with Gasteiger partial charge in [0, 0.05) is 32.4 Å². The fourth-order valence-electron chi connectivity index (χ4n) is 2.11. The number of ether oxygens (including phenoxy) is 1. The fourth-order valence-corrected chi connectivity index (χ4v) is 2.11. The van der Waals surface area contributed by atoms with Gasteiger partial charge in [0.15, 0.2) is 5.96 Å². The van der Waals surface area contributed by atoms with Gasteiger partial charge in [-0.3, -0.25) is 4.68 Å². The van der Waals surface area contributed by atoms with Gasteiger partial charge in [-0.2, -0.15) is 5.10 Å². The van der Waals surface area contributed by atoms with Gasteiger partial charge in [0.2, 0.25) is 0 Å². The maximum Gasteiger partial charge on any atom is 0.194 e. The molecule has 0 aliphatic carbocycles. The second kappa shape index (κ2) is 8.82. The number of aromatic nitrogens is 2. The van der Waals surface area contributed by atoms with E-state index in [0.29, 0.717) is 13.2 Å². The van der Waals surface area contributed by atoms with Crippen molar-refractivity contribution in [1.82, 2.24) is 20.0 Å². The van der Waals surface area contributed by atoms with Gasteiger partial charge in [0.05, 0.1) is 19.3 Å². The van der Waals surface area contributed by atoms with Crippen LogP contribution >= 0.6 is 0 Å². The van der Waals surface area contributed by atoms with E-state index in [-0.39, 0.29) is 0 Å². The Morgan fingerprint density at radius 2 is 2.13 bits per heavy atom. The Labute approximate surface area is 137 Å². The van der Waals surface area contributed by atoms with Crippen molar-refractivity contribution in [2.45, 2.75) is 13.5 Å². The maximum absolute atomic E-state index is 5.73. The number of benzene rings is 1. The third-order valence-electron chi connectivity index (χ3n) is 3.30. The maximum atomic E-state index is 5.73. The topological polar surface area (TPSA) is 54.7 Å². The SMILES string of the molecule is CCNC(=NCc1cnn(C)c1)N(C)CCOc1ccccc1. The lowest BCUT2D eigenvalue weighted by Crippen LogP contribution is -2.40. The molecule has 2 rings (SSSR count). The molecule has 0 atom stereocenters. The molecule has 2 aromatic rings. The van der Waals surface area contributed by atoms with E-state index in [0.717, 1.165) is 30.4 Å². The first-order chi connectivity index (χ1) is 11.2. The molecule has 1 N–H and O–H groups in total. The summed E-state index contributed by atoms with van der Waals surface area (Å²) in [5, 5.41) is 7.46. The van der Waals surface area contributed by atoms with Crippen LogP contribution in [0, 0.1) is 0 Å². The summed E-state index contributed by atoms with van der Waals surface area (Å²) in [4.78, 5) is 6.72. The predicted molar refractivity (Wildman–Crippen MR) is 92.6 cm³/mol. The quantitative estimate of drug-likeness (QED) is 0.626. The first-order valence-electron chi connectivity index (χ1n) is 7.84. The Bertz CT molecular complexity index is 608.